The number of carbonyl (C=O) groups excluding carboxylic acids is 1. The highest BCUT2D eigenvalue weighted by Crippen LogP contribution is 2.51. The third-order valence-corrected chi connectivity index (χ3v) is 2.71. The van der Waals surface area contributed by atoms with Crippen LogP contribution >= 0.6 is 0 Å². The fourth-order valence-electron chi connectivity index (χ4n) is 1.89. The van der Waals surface area contributed by atoms with Gasteiger partial charge in [0.25, 0.3) is 0 Å². The molecule has 1 saturated carbocycles. The van der Waals surface area contributed by atoms with E-state index in [-0.39, 0.29) is 0 Å². The number of rotatable bonds is 0. The molecule has 2 nitrogen and oxygen atoms in total. The van der Waals surface area contributed by atoms with E-state index in [2.05, 4.69) is 6.92 Å². The zero-order valence-electron chi connectivity index (χ0n) is 5.79. The van der Waals surface area contributed by atoms with Gasteiger partial charge < -0.3 is 4.90 Å². The lowest BCUT2D eigenvalue weighted by Crippen LogP contribution is -2.24. The Kier molecular flexibility index (Phi) is 0.765. The predicted octanol–water partition coefficient (Wildman–Crippen LogP) is 0.341. The highest BCUT2D eigenvalue weighted by molar-refractivity contribution is 5.84. The molecule has 0 N–H and O–H groups in total. The number of amides is 1. The summed E-state index contributed by atoms with van der Waals surface area (Å²) in [5.74, 6) is 2.18. The van der Waals surface area contributed by atoms with Crippen LogP contribution in [0, 0.1) is 17.8 Å². The smallest absolute Gasteiger partial charge is 0.226 e. The van der Waals surface area contributed by atoms with E-state index in [4.69, 9.17) is 0 Å². The standard InChI is InChI=1S/C7H11NO/c1-4-5-3-8(2)7(9)6(4)5/h4-6H,3H2,1-2H3. The monoisotopic (exact) mass is 125 g/mol. The van der Waals surface area contributed by atoms with Gasteiger partial charge in [-0.3, -0.25) is 4.79 Å². The van der Waals surface area contributed by atoms with Crippen LogP contribution in [0.15, 0.2) is 0 Å². The normalized spacial score (nSPS) is 47.6. The molecule has 0 aromatic rings. The van der Waals surface area contributed by atoms with Crippen LogP contribution in [0.2, 0.25) is 0 Å². The molecule has 0 spiro atoms. The molecule has 1 heterocycles. The van der Waals surface area contributed by atoms with Gasteiger partial charge in [-0.1, -0.05) is 6.92 Å². The van der Waals surface area contributed by atoms with Crippen molar-refractivity contribution in [2.75, 3.05) is 13.6 Å². The maximum Gasteiger partial charge on any atom is 0.226 e. The number of carbonyl (C=O) groups is 1. The van der Waals surface area contributed by atoms with Gasteiger partial charge in [0, 0.05) is 19.5 Å². The summed E-state index contributed by atoms with van der Waals surface area (Å²) in [6.45, 7) is 3.17. The lowest BCUT2D eigenvalue weighted by molar-refractivity contribution is -0.129. The van der Waals surface area contributed by atoms with Crippen molar-refractivity contribution in [3.05, 3.63) is 0 Å². The maximum atomic E-state index is 11.1. The molecule has 0 aromatic heterocycles. The Labute approximate surface area is 54.8 Å². The molecule has 2 rings (SSSR count). The van der Waals surface area contributed by atoms with Crippen LogP contribution in [0.3, 0.4) is 0 Å². The van der Waals surface area contributed by atoms with E-state index < -0.39 is 0 Å². The third kappa shape index (κ3) is 0.485. The molecule has 1 aliphatic heterocycles. The summed E-state index contributed by atoms with van der Waals surface area (Å²) in [6.07, 6.45) is 0. The molecular formula is C7H11NO. The molecule has 0 aromatic carbocycles. The van der Waals surface area contributed by atoms with Crippen molar-refractivity contribution in [1.29, 1.82) is 0 Å². The largest absolute Gasteiger partial charge is 0.345 e. The van der Waals surface area contributed by atoms with Gasteiger partial charge in [-0.25, -0.2) is 0 Å². The van der Waals surface area contributed by atoms with Crippen molar-refractivity contribution < 1.29 is 4.79 Å². The molecule has 2 aliphatic rings. The highest BCUT2D eigenvalue weighted by atomic mass is 16.2. The van der Waals surface area contributed by atoms with Gasteiger partial charge in [0.15, 0.2) is 0 Å². The van der Waals surface area contributed by atoms with Crippen molar-refractivity contribution in [2.45, 2.75) is 6.92 Å². The van der Waals surface area contributed by atoms with Gasteiger partial charge in [0.1, 0.15) is 0 Å². The quantitative estimate of drug-likeness (QED) is 0.457. The van der Waals surface area contributed by atoms with Gasteiger partial charge >= 0.3 is 0 Å². The topological polar surface area (TPSA) is 20.3 Å². The number of fused-ring (bicyclic) bond motifs is 1. The van der Waals surface area contributed by atoms with E-state index in [0.717, 1.165) is 6.54 Å². The fourth-order valence-corrected chi connectivity index (χ4v) is 1.89. The Hall–Kier alpha value is -0.530. The molecule has 1 amide bonds. The summed E-state index contributed by atoms with van der Waals surface area (Å²) in [6, 6.07) is 0. The summed E-state index contributed by atoms with van der Waals surface area (Å²) in [5, 5.41) is 0. The van der Waals surface area contributed by atoms with Crippen molar-refractivity contribution in [3.8, 4) is 0 Å². The third-order valence-electron chi connectivity index (χ3n) is 2.71. The SMILES string of the molecule is CC1C2CN(C)C(=O)C12. The van der Waals surface area contributed by atoms with Gasteiger partial charge in [-0.05, 0) is 11.8 Å². The molecule has 1 aliphatic carbocycles. The zero-order chi connectivity index (χ0) is 6.59. The molecule has 1 saturated heterocycles. The number of likely N-dealkylation sites (tertiary alicyclic amines) is 1. The summed E-state index contributed by atoms with van der Waals surface area (Å²) in [7, 11) is 1.89. The van der Waals surface area contributed by atoms with E-state index in [1.807, 2.05) is 11.9 Å². The van der Waals surface area contributed by atoms with E-state index in [1.54, 1.807) is 0 Å². The molecule has 50 valence electrons. The highest BCUT2D eigenvalue weighted by Gasteiger charge is 2.57. The summed E-state index contributed by atoms with van der Waals surface area (Å²) >= 11 is 0. The number of hydrogen-bond donors (Lipinski definition) is 0. The van der Waals surface area contributed by atoms with Crippen LogP contribution in [0.4, 0.5) is 0 Å². The average Bonchev–Trinajstić information content (AvgIpc) is 2.29. The Bertz CT molecular complexity index is 166. The summed E-state index contributed by atoms with van der Waals surface area (Å²) < 4.78 is 0. The molecular weight excluding hydrogens is 114 g/mol. The van der Waals surface area contributed by atoms with Crippen LogP contribution in [0.1, 0.15) is 6.92 Å². The lowest BCUT2D eigenvalue weighted by atomic mass is 10.3. The molecule has 0 radical (unpaired) electrons. The minimum atomic E-state index is 0.368. The molecule has 3 unspecified atom stereocenters. The van der Waals surface area contributed by atoms with Gasteiger partial charge in [0.05, 0.1) is 0 Å². The van der Waals surface area contributed by atoms with Crippen LogP contribution in [0.5, 0.6) is 0 Å². The molecule has 9 heavy (non-hydrogen) atoms. The van der Waals surface area contributed by atoms with Crippen molar-refractivity contribution in [3.63, 3.8) is 0 Å². The molecule has 2 heteroatoms. The Morgan fingerprint density at radius 3 is 2.67 bits per heavy atom. The first-order valence-corrected chi connectivity index (χ1v) is 3.47. The van der Waals surface area contributed by atoms with Crippen LogP contribution in [-0.4, -0.2) is 24.4 Å². The number of piperidine rings is 1. The predicted molar refractivity (Wildman–Crippen MR) is 33.8 cm³/mol. The first-order valence-electron chi connectivity index (χ1n) is 3.47. The van der Waals surface area contributed by atoms with Gasteiger partial charge in [-0.2, -0.15) is 0 Å². The van der Waals surface area contributed by atoms with Crippen molar-refractivity contribution in [2.24, 2.45) is 17.8 Å². The second-order valence-electron chi connectivity index (χ2n) is 3.27. The van der Waals surface area contributed by atoms with Crippen molar-refractivity contribution in [1.82, 2.24) is 4.90 Å². The van der Waals surface area contributed by atoms with E-state index >= 15 is 0 Å². The van der Waals surface area contributed by atoms with E-state index in [1.165, 1.54) is 0 Å². The Balaban J connectivity index is 2.16. The first-order chi connectivity index (χ1) is 4.22. The average molecular weight is 125 g/mol. The number of nitrogens with zero attached hydrogens (tertiary/aromatic N) is 1. The van der Waals surface area contributed by atoms with Gasteiger partial charge in [-0.15, -0.1) is 0 Å². The molecule has 0 bridgehead atoms. The van der Waals surface area contributed by atoms with Crippen molar-refractivity contribution >= 4 is 5.91 Å². The summed E-state index contributed by atoms with van der Waals surface area (Å²) in [5.41, 5.74) is 0. The van der Waals surface area contributed by atoms with Crippen LogP contribution in [-0.2, 0) is 4.79 Å². The molecule has 3 atom stereocenters. The Morgan fingerprint density at radius 1 is 1.67 bits per heavy atom. The fraction of sp³-hybridized carbons (Fsp3) is 0.857. The summed E-state index contributed by atoms with van der Waals surface area (Å²) in [4.78, 5) is 12.9. The van der Waals surface area contributed by atoms with Crippen LogP contribution in [0.25, 0.3) is 0 Å². The number of hydrogen-bond acceptors (Lipinski definition) is 1. The second kappa shape index (κ2) is 1.31. The minimum absolute atomic E-state index is 0.368. The van der Waals surface area contributed by atoms with Crippen LogP contribution < -0.4 is 0 Å². The maximum absolute atomic E-state index is 11.1. The second-order valence-corrected chi connectivity index (χ2v) is 3.27. The molecule has 2 fully saturated rings. The van der Waals surface area contributed by atoms with E-state index in [0.29, 0.717) is 23.7 Å². The Morgan fingerprint density at radius 2 is 2.33 bits per heavy atom. The van der Waals surface area contributed by atoms with E-state index in [9.17, 15) is 4.79 Å². The lowest BCUT2D eigenvalue weighted by Gasteiger charge is -2.10. The minimum Gasteiger partial charge on any atom is -0.345 e. The zero-order valence-corrected chi connectivity index (χ0v) is 5.79. The first kappa shape index (κ1) is 5.27. The van der Waals surface area contributed by atoms with Gasteiger partial charge in [0.2, 0.25) is 5.91 Å².